The smallest absolute Gasteiger partial charge is 0.00697 e. The topological polar surface area (TPSA) is 15.3 Å². The monoisotopic (exact) mass is 212 g/mol. The number of hydrogen-bond donors (Lipinski definition) is 1. The molecule has 1 aliphatic rings. The third-order valence-electron chi connectivity index (χ3n) is 3.57. The molecular formula is C13H28N2. The quantitative estimate of drug-likeness (QED) is 0.681. The summed E-state index contributed by atoms with van der Waals surface area (Å²) in [5.41, 5.74) is 0. The lowest BCUT2D eigenvalue weighted by Gasteiger charge is -2.39. The van der Waals surface area contributed by atoms with E-state index >= 15 is 0 Å². The molecule has 1 rings (SSSR count). The number of nitrogens with one attached hydrogen (secondary N) is 1. The fourth-order valence-electron chi connectivity index (χ4n) is 2.60. The molecule has 1 aliphatic heterocycles. The van der Waals surface area contributed by atoms with E-state index in [1.807, 2.05) is 0 Å². The number of piperidine rings is 1. The van der Waals surface area contributed by atoms with Crippen molar-refractivity contribution in [3.63, 3.8) is 0 Å². The van der Waals surface area contributed by atoms with Crippen LogP contribution in [-0.2, 0) is 0 Å². The van der Waals surface area contributed by atoms with Crippen molar-refractivity contribution >= 4 is 0 Å². The van der Waals surface area contributed by atoms with E-state index in [9.17, 15) is 0 Å². The highest BCUT2D eigenvalue weighted by Crippen LogP contribution is 2.22. The van der Waals surface area contributed by atoms with Gasteiger partial charge in [-0.1, -0.05) is 13.3 Å². The lowest BCUT2D eigenvalue weighted by atomic mass is 9.97. The van der Waals surface area contributed by atoms with E-state index in [0.717, 1.165) is 12.1 Å². The molecule has 1 fully saturated rings. The van der Waals surface area contributed by atoms with Gasteiger partial charge in [0.2, 0.25) is 0 Å². The van der Waals surface area contributed by atoms with Crippen molar-refractivity contribution in [2.45, 2.75) is 65.0 Å². The average molecular weight is 212 g/mol. The molecule has 0 saturated carbocycles. The van der Waals surface area contributed by atoms with E-state index in [1.165, 1.54) is 51.7 Å². The summed E-state index contributed by atoms with van der Waals surface area (Å²) >= 11 is 0. The van der Waals surface area contributed by atoms with Crippen molar-refractivity contribution in [1.82, 2.24) is 10.2 Å². The molecule has 1 N–H and O–H groups in total. The minimum Gasteiger partial charge on any atom is -0.317 e. The molecule has 0 aromatic heterocycles. The van der Waals surface area contributed by atoms with Crippen LogP contribution in [0, 0.1) is 0 Å². The maximum Gasteiger partial charge on any atom is 0.00697 e. The van der Waals surface area contributed by atoms with Crippen molar-refractivity contribution in [1.29, 1.82) is 0 Å². The number of nitrogens with zero attached hydrogens (tertiary/aromatic N) is 1. The van der Waals surface area contributed by atoms with Crippen LogP contribution in [0.4, 0.5) is 0 Å². The minimum absolute atomic E-state index is 0.805. The highest BCUT2D eigenvalue weighted by atomic mass is 15.2. The third-order valence-corrected chi connectivity index (χ3v) is 3.57. The van der Waals surface area contributed by atoms with E-state index in [2.05, 4.69) is 31.0 Å². The normalized spacial score (nSPS) is 28.2. The summed E-state index contributed by atoms with van der Waals surface area (Å²) in [5, 5.41) is 3.48. The van der Waals surface area contributed by atoms with Gasteiger partial charge < -0.3 is 5.32 Å². The van der Waals surface area contributed by atoms with Crippen LogP contribution >= 0.6 is 0 Å². The highest BCUT2D eigenvalue weighted by molar-refractivity contribution is 4.79. The zero-order valence-corrected chi connectivity index (χ0v) is 10.8. The highest BCUT2D eigenvalue weighted by Gasteiger charge is 2.23. The Kier molecular flexibility index (Phi) is 6.26. The molecule has 2 nitrogen and oxygen atoms in total. The summed E-state index contributed by atoms with van der Waals surface area (Å²) in [6.45, 7) is 10.6. The molecular weight excluding hydrogens is 184 g/mol. The average Bonchev–Trinajstić information content (AvgIpc) is 2.21. The van der Waals surface area contributed by atoms with Gasteiger partial charge in [0.05, 0.1) is 0 Å². The van der Waals surface area contributed by atoms with Crippen molar-refractivity contribution in [2.75, 3.05) is 19.6 Å². The molecule has 0 aromatic carbocycles. The maximum atomic E-state index is 3.48. The summed E-state index contributed by atoms with van der Waals surface area (Å²) in [6.07, 6.45) is 6.76. The predicted octanol–water partition coefficient (Wildman–Crippen LogP) is 2.64. The second-order valence-corrected chi connectivity index (χ2v) is 4.97. The molecule has 15 heavy (non-hydrogen) atoms. The first-order chi connectivity index (χ1) is 7.25. The van der Waals surface area contributed by atoms with Crippen LogP contribution in [0.5, 0.6) is 0 Å². The lowest BCUT2D eigenvalue weighted by molar-refractivity contribution is 0.102. The van der Waals surface area contributed by atoms with Gasteiger partial charge in [-0.05, 0) is 59.2 Å². The zero-order valence-electron chi connectivity index (χ0n) is 10.8. The molecule has 1 saturated heterocycles. The van der Waals surface area contributed by atoms with Gasteiger partial charge >= 0.3 is 0 Å². The van der Waals surface area contributed by atoms with Crippen LogP contribution in [-0.4, -0.2) is 36.6 Å². The molecule has 0 aromatic rings. The Hall–Kier alpha value is -0.0800. The minimum atomic E-state index is 0.805. The fraction of sp³-hybridized carbons (Fsp3) is 1.00. The summed E-state index contributed by atoms with van der Waals surface area (Å²) in [5.74, 6) is 0. The molecule has 2 heteroatoms. The molecule has 90 valence electrons. The van der Waals surface area contributed by atoms with Gasteiger partial charge in [0.1, 0.15) is 0 Å². The van der Waals surface area contributed by atoms with Crippen LogP contribution in [0.15, 0.2) is 0 Å². The van der Waals surface area contributed by atoms with Crippen molar-refractivity contribution in [3.05, 3.63) is 0 Å². The summed E-state index contributed by atoms with van der Waals surface area (Å²) in [6, 6.07) is 1.61. The van der Waals surface area contributed by atoms with Gasteiger partial charge in [0.15, 0.2) is 0 Å². The largest absolute Gasteiger partial charge is 0.317 e. The Labute approximate surface area is 95.4 Å². The summed E-state index contributed by atoms with van der Waals surface area (Å²) < 4.78 is 0. The first-order valence-corrected chi connectivity index (χ1v) is 6.72. The molecule has 0 unspecified atom stereocenters. The fourth-order valence-corrected chi connectivity index (χ4v) is 2.60. The van der Waals surface area contributed by atoms with Crippen LogP contribution in [0.1, 0.15) is 52.9 Å². The second-order valence-electron chi connectivity index (χ2n) is 4.97. The standard InChI is InChI=1S/C13H28N2/c1-4-9-14-10-6-11-15-12(2)7-5-8-13(15)3/h12-14H,4-11H2,1-3H3/t12-,13+. The number of rotatable bonds is 6. The maximum absolute atomic E-state index is 3.48. The Morgan fingerprint density at radius 3 is 2.40 bits per heavy atom. The summed E-state index contributed by atoms with van der Waals surface area (Å²) in [4.78, 5) is 2.69. The lowest BCUT2D eigenvalue weighted by Crippen LogP contribution is -2.44. The third kappa shape index (κ3) is 4.52. The number of hydrogen-bond acceptors (Lipinski definition) is 2. The van der Waals surface area contributed by atoms with Gasteiger partial charge in [0, 0.05) is 12.1 Å². The van der Waals surface area contributed by atoms with Crippen molar-refractivity contribution in [3.8, 4) is 0 Å². The van der Waals surface area contributed by atoms with Gasteiger partial charge in [-0.25, -0.2) is 0 Å². The molecule has 0 amide bonds. The Balaban J connectivity index is 2.12. The van der Waals surface area contributed by atoms with Gasteiger partial charge in [-0.15, -0.1) is 0 Å². The van der Waals surface area contributed by atoms with Crippen molar-refractivity contribution < 1.29 is 0 Å². The first-order valence-electron chi connectivity index (χ1n) is 6.72. The number of likely N-dealkylation sites (tertiary alicyclic amines) is 1. The van der Waals surface area contributed by atoms with Gasteiger partial charge in [0.25, 0.3) is 0 Å². The Morgan fingerprint density at radius 1 is 1.13 bits per heavy atom. The van der Waals surface area contributed by atoms with E-state index in [0.29, 0.717) is 0 Å². The van der Waals surface area contributed by atoms with E-state index in [1.54, 1.807) is 0 Å². The first kappa shape index (κ1) is 13.0. The molecule has 2 atom stereocenters. The predicted molar refractivity (Wildman–Crippen MR) is 67.3 cm³/mol. The second kappa shape index (κ2) is 7.24. The zero-order chi connectivity index (χ0) is 11.1. The van der Waals surface area contributed by atoms with E-state index in [4.69, 9.17) is 0 Å². The van der Waals surface area contributed by atoms with Crippen LogP contribution in [0.3, 0.4) is 0 Å². The molecule has 1 heterocycles. The van der Waals surface area contributed by atoms with Crippen LogP contribution in [0.2, 0.25) is 0 Å². The SMILES string of the molecule is CCCNCCCN1[C@H](C)CCC[C@@H]1C. The van der Waals surface area contributed by atoms with Crippen molar-refractivity contribution in [2.24, 2.45) is 0 Å². The molecule has 0 radical (unpaired) electrons. The summed E-state index contributed by atoms with van der Waals surface area (Å²) in [7, 11) is 0. The Morgan fingerprint density at radius 2 is 1.80 bits per heavy atom. The molecule has 0 bridgehead atoms. The molecule has 0 spiro atoms. The van der Waals surface area contributed by atoms with Crippen LogP contribution < -0.4 is 5.32 Å². The molecule has 0 aliphatic carbocycles. The van der Waals surface area contributed by atoms with Crippen LogP contribution in [0.25, 0.3) is 0 Å². The van der Waals surface area contributed by atoms with Gasteiger partial charge in [-0.3, -0.25) is 4.90 Å². The van der Waals surface area contributed by atoms with E-state index < -0.39 is 0 Å². The Bertz CT molecular complexity index is 149. The van der Waals surface area contributed by atoms with Gasteiger partial charge in [-0.2, -0.15) is 0 Å². The van der Waals surface area contributed by atoms with E-state index in [-0.39, 0.29) is 0 Å².